The molecular weight excluding hydrogens is 536 g/mol. The van der Waals surface area contributed by atoms with E-state index in [0.29, 0.717) is 28.6 Å². The summed E-state index contributed by atoms with van der Waals surface area (Å²) in [6, 6.07) is 55.4. The third-order valence-electron chi connectivity index (χ3n) is 7.58. The summed E-state index contributed by atoms with van der Waals surface area (Å²) >= 11 is 0. The molecule has 206 valence electrons. The molecule has 0 saturated heterocycles. The Balaban J connectivity index is 1.41. The van der Waals surface area contributed by atoms with E-state index in [1.807, 2.05) is 72.8 Å². The van der Waals surface area contributed by atoms with Crippen molar-refractivity contribution in [3.8, 4) is 73.6 Å². The van der Waals surface area contributed by atoms with Crippen LogP contribution in [0.4, 0.5) is 0 Å². The van der Waals surface area contributed by atoms with Crippen LogP contribution in [0.15, 0.2) is 158 Å². The first-order valence-corrected chi connectivity index (χ1v) is 14.4. The van der Waals surface area contributed by atoms with Gasteiger partial charge in [0.25, 0.3) is 0 Å². The molecule has 0 aliphatic heterocycles. The third-order valence-corrected chi connectivity index (χ3v) is 7.58. The van der Waals surface area contributed by atoms with Gasteiger partial charge in [0, 0.05) is 16.7 Å². The van der Waals surface area contributed by atoms with Crippen LogP contribution in [0.2, 0.25) is 0 Å². The molecule has 0 amide bonds. The molecule has 7 rings (SSSR count). The molecule has 0 N–H and O–H groups in total. The average molecular weight is 563 g/mol. The maximum Gasteiger partial charge on any atom is 0.165 e. The second-order valence-corrected chi connectivity index (χ2v) is 10.4. The molecule has 0 bridgehead atoms. The van der Waals surface area contributed by atoms with Crippen LogP contribution in [0, 0.1) is 11.3 Å². The van der Waals surface area contributed by atoms with Gasteiger partial charge in [-0.1, -0.05) is 127 Å². The van der Waals surface area contributed by atoms with Crippen LogP contribution >= 0.6 is 0 Å². The highest BCUT2D eigenvalue weighted by atomic mass is 15.0. The molecule has 1 aromatic heterocycles. The van der Waals surface area contributed by atoms with Crippen molar-refractivity contribution in [2.45, 2.75) is 0 Å². The molecule has 7 aromatic rings. The summed E-state index contributed by atoms with van der Waals surface area (Å²) < 4.78 is 0. The molecule has 0 atom stereocenters. The first-order chi connectivity index (χ1) is 21.7. The van der Waals surface area contributed by atoms with Gasteiger partial charge in [-0.2, -0.15) is 5.26 Å². The van der Waals surface area contributed by atoms with E-state index in [0.717, 1.165) is 33.4 Å². The van der Waals surface area contributed by atoms with Crippen LogP contribution in [0.1, 0.15) is 5.56 Å². The van der Waals surface area contributed by atoms with Crippen molar-refractivity contribution < 1.29 is 0 Å². The van der Waals surface area contributed by atoms with E-state index in [4.69, 9.17) is 15.0 Å². The maximum atomic E-state index is 9.85. The molecule has 0 spiro atoms. The fourth-order valence-corrected chi connectivity index (χ4v) is 5.32. The van der Waals surface area contributed by atoms with Crippen molar-refractivity contribution in [3.63, 3.8) is 0 Å². The summed E-state index contributed by atoms with van der Waals surface area (Å²) in [5.41, 5.74) is 9.59. The average Bonchev–Trinajstić information content (AvgIpc) is 3.12. The van der Waals surface area contributed by atoms with Crippen LogP contribution in [-0.2, 0) is 0 Å². The van der Waals surface area contributed by atoms with Gasteiger partial charge in [-0.3, -0.25) is 0 Å². The van der Waals surface area contributed by atoms with Crippen molar-refractivity contribution in [2.24, 2.45) is 0 Å². The van der Waals surface area contributed by atoms with Gasteiger partial charge >= 0.3 is 0 Å². The Bertz CT molecular complexity index is 2100. The van der Waals surface area contributed by atoms with Gasteiger partial charge in [0.1, 0.15) is 0 Å². The second kappa shape index (κ2) is 12.0. The highest BCUT2D eigenvalue weighted by Crippen LogP contribution is 2.34. The van der Waals surface area contributed by atoms with Crippen molar-refractivity contribution in [1.29, 1.82) is 5.26 Å². The Morgan fingerprint density at radius 1 is 0.341 bits per heavy atom. The standard InChI is InChI=1S/C40H26N4/c41-27-33-18-10-11-19-37(33)40-43-38(32-16-8-3-9-17-32)42-39(44-40)36-25-34(29-14-6-2-7-15-29)24-35(26-36)31-22-20-30(21-23-31)28-12-4-1-5-13-28/h1-26H. The van der Waals surface area contributed by atoms with Crippen LogP contribution < -0.4 is 0 Å². The van der Waals surface area contributed by atoms with Crippen LogP contribution in [0.5, 0.6) is 0 Å². The van der Waals surface area contributed by atoms with Crippen LogP contribution in [-0.4, -0.2) is 15.0 Å². The lowest BCUT2D eigenvalue weighted by atomic mass is 9.94. The highest BCUT2D eigenvalue weighted by Gasteiger charge is 2.16. The number of hydrogen-bond acceptors (Lipinski definition) is 4. The lowest BCUT2D eigenvalue weighted by Crippen LogP contribution is -2.01. The molecule has 1 heterocycles. The molecule has 0 saturated carbocycles. The van der Waals surface area contributed by atoms with Crippen molar-refractivity contribution in [1.82, 2.24) is 15.0 Å². The van der Waals surface area contributed by atoms with Crippen molar-refractivity contribution >= 4 is 0 Å². The minimum atomic E-state index is 0.463. The summed E-state index contributed by atoms with van der Waals surface area (Å²) in [5.74, 6) is 1.56. The molecule has 44 heavy (non-hydrogen) atoms. The zero-order valence-electron chi connectivity index (χ0n) is 23.8. The molecule has 4 heteroatoms. The largest absolute Gasteiger partial charge is 0.208 e. The van der Waals surface area contributed by atoms with E-state index in [1.54, 1.807) is 6.07 Å². The van der Waals surface area contributed by atoms with E-state index >= 15 is 0 Å². The third kappa shape index (κ3) is 5.51. The second-order valence-electron chi connectivity index (χ2n) is 10.4. The number of nitriles is 1. The quantitative estimate of drug-likeness (QED) is 0.202. The number of nitrogens with zero attached hydrogens (tertiary/aromatic N) is 4. The first kappa shape index (κ1) is 26.7. The van der Waals surface area contributed by atoms with E-state index in [9.17, 15) is 5.26 Å². The molecule has 0 fully saturated rings. The normalized spacial score (nSPS) is 10.7. The Morgan fingerprint density at radius 3 is 1.30 bits per heavy atom. The van der Waals surface area contributed by atoms with Gasteiger partial charge < -0.3 is 0 Å². The molecule has 0 aliphatic rings. The van der Waals surface area contributed by atoms with Gasteiger partial charge in [0.2, 0.25) is 0 Å². The van der Waals surface area contributed by atoms with Gasteiger partial charge in [0.15, 0.2) is 17.5 Å². The number of hydrogen-bond donors (Lipinski definition) is 0. The Kier molecular flexibility index (Phi) is 7.26. The first-order valence-electron chi connectivity index (χ1n) is 14.4. The molecular formula is C40H26N4. The van der Waals surface area contributed by atoms with Gasteiger partial charge in [-0.15, -0.1) is 0 Å². The minimum absolute atomic E-state index is 0.463. The summed E-state index contributed by atoms with van der Waals surface area (Å²) in [4.78, 5) is 14.8. The number of aromatic nitrogens is 3. The van der Waals surface area contributed by atoms with Crippen molar-refractivity contribution in [2.75, 3.05) is 0 Å². The maximum absolute atomic E-state index is 9.85. The van der Waals surface area contributed by atoms with Gasteiger partial charge in [0.05, 0.1) is 11.6 Å². The molecule has 0 aliphatic carbocycles. The smallest absolute Gasteiger partial charge is 0.165 e. The van der Waals surface area contributed by atoms with E-state index < -0.39 is 0 Å². The monoisotopic (exact) mass is 562 g/mol. The summed E-state index contributed by atoms with van der Waals surface area (Å²) in [7, 11) is 0. The van der Waals surface area contributed by atoms with Crippen LogP contribution in [0.3, 0.4) is 0 Å². The minimum Gasteiger partial charge on any atom is -0.208 e. The Hall–Kier alpha value is -6.18. The molecule has 4 nitrogen and oxygen atoms in total. The van der Waals surface area contributed by atoms with Gasteiger partial charge in [-0.05, 0) is 63.7 Å². The fourth-order valence-electron chi connectivity index (χ4n) is 5.32. The molecule has 6 aromatic carbocycles. The Labute approximate surface area is 256 Å². The molecule has 0 radical (unpaired) electrons. The lowest BCUT2D eigenvalue weighted by Gasteiger charge is -2.13. The SMILES string of the molecule is N#Cc1ccccc1-c1nc(-c2ccccc2)nc(-c2cc(-c3ccccc3)cc(-c3ccc(-c4ccccc4)cc3)c2)n1. The number of rotatable bonds is 6. The van der Waals surface area contributed by atoms with E-state index in [1.165, 1.54) is 11.1 Å². The predicted molar refractivity (Wildman–Crippen MR) is 177 cm³/mol. The summed E-state index contributed by atoms with van der Waals surface area (Å²) in [6.45, 7) is 0. The predicted octanol–water partition coefficient (Wildman–Crippen LogP) is 9.75. The van der Waals surface area contributed by atoms with Gasteiger partial charge in [-0.25, -0.2) is 15.0 Å². The fraction of sp³-hybridized carbons (Fsp3) is 0. The zero-order chi connectivity index (χ0) is 29.7. The van der Waals surface area contributed by atoms with Crippen molar-refractivity contribution in [3.05, 3.63) is 163 Å². The molecule has 0 unspecified atom stereocenters. The lowest BCUT2D eigenvalue weighted by molar-refractivity contribution is 1.07. The zero-order valence-corrected chi connectivity index (χ0v) is 23.8. The summed E-state index contributed by atoms with van der Waals surface area (Å²) in [6.07, 6.45) is 0. The Morgan fingerprint density at radius 2 is 0.727 bits per heavy atom. The number of benzene rings is 6. The topological polar surface area (TPSA) is 62.5 Å². The summed E-state index contributed by atoms with van der Waals surface area (Å²) in [5, 5.41) is 9.85. The van der Waals surface area contributed by atoms with E-state index in [2.05, 4.69) is 84.9 Å². The highest BCUT2D eigenvalue weighted by molar-refractivity contribution is 5.81. The van der Waals surface area contributed by atoms with E-state index in [-0.39, 0.29) is 0 Å². The van der Waals surface area contributed by atoms with Crippen LogP contribution in [0.25, 0.3) is 67.5 Å².